The number of piperidine rings is 1. The summed E-state index contributed by atoms with van der Waals surface area (Å²) in [5.74, 6) is 0.530. The van der Waals surface area contributed by atoms with Crippen molar-refractivity contribution in [2.45, 2.75) is 39.0 Å². The third kappa shape index (κ3) is 5.26. The van der Waals surface area contributed by atoms with Gasteiger partial charge in [-0.1, -0.05) is 60.7 Å². The Labute approximate surface area is 174 Å². The van der Waals surface area contributed by atoms with Gasteiger partial charge in [-0.3, -0.25) is 9.59 Å². The summed E-state index contributed by atoms with van der Waals surface area (Å²) < 4.78 is 0. The molecule has 0 N–H and O–H groups in total. The van der Waals surface area contributed by atoms with Gasteiger partial charge in [0.2, 0.25) is 11.8 Å². The van der Waals surface area contributed by atoms with Gasteiger partial charge in [0.25, 0.3) is 0 Å². The monoisotopic (exact) mass is 392 g/mol. The number of nitrogens with zero attached hydrogens (tertiary/aromatic N) is 2. The molecule has 29 heavy (non-hydrogen) atoms. The molecule has 1 saturated heterocycles. The van der Waals surface area contributed by atoms with E-state index in [1.807, 2.05) is 60.0 Å². The molecule has 0 bridgehead atoms. The van der Waals surface area contributed by atoms with Crippen LogP contribution < -0.4 is 0 Å². The fourth-order valence-corrected chi connectivity index (χ4v) is 4.27. The SMILES string of the molecule is CCN(CC)C(=O)C1CCN(C(=O)CC(c2ccccc2)c2ccccc2)CC1. The van der Waals surface area contributed by atoms with Crippen LogP contribution in [0.2, 0.25) is 0 Å². The molecule has 4 heteroatoms. The van der Waals surface area contributed by atoms with Crippen LogP contribution in [0.1, 0.15) is 50.2 Å². The molecule has 2 aromatic rings. The zero-order chi connectivity index (χ0) is 20.6. The van der Waals surface area contributed by atoms with E-state index in [4.69, 9.17) is 0 Å². The minimum atomic E-state index is 0.0537. The maximum absolute atomic E-state index is 13.1. The van der Waals surface area contributed by atoms with E-state index in [1.165, 1.54) is 11.1 Å². The van der Waals surface area contributed by atoms with E-state index in [9.17, 15) is 9.59 Å². The first-order chi connectivity index (χ1) is 14.1. The van der Waals surface area contributed by atoms with Gasteiger partial charge in [-0.15, -0.1) is 0 Å². The molecule has 1 aliphatic heterocycles. The summed E-state index contributed by atoms with van der Waals surface area (Å²) in [5, 5.41) is 0. The van der Waals surface area contributed by atoms with Crippen LogP contribution in [0.15, 0.2) is 60.7 Å². The molecule has 0 aliphatic carbocycles. The van der Waals surface area contributed by atoms with Crippen molar-refractivity contribution >= 4 is 11.8 Å². The van der Waals surface area contributed by atoms with Crippen LogP contribution in [0.5, 0.6) is 0 Å². The van der Waals surface area contributed by atoms with Gasteiger partial charge in [0.05, 0.1) is 0 Å². The van der Waals surface area contributed by atoms with E-state index >= 15 is 0 Å². The van der Waals surface area contributed by atoms with Gasteiger partial charge in [0.15, 0.2) is 0 Å². The Bertz CT molecular complexity index is 739. The molecule has 0 aromatic heterocycles. The molecular formula is C25H32N2O2. The summed E-state index contributed by atoms with van der Waals surface area (Å²) >= 11 is 0. The molecule has 2 amide bonds. The van der Waals surface area contributed by atoms with Crippen molar-refractivity contribution in [2.75, 3.05) is 26.2 Å². The van der Waals surface area contributed by atoms with Crippen molar-refractivity contribution in [1.29, 1.82) is 0 Å². The zero-order valence-electron chi connectivity index (χ0n) is 17.6. The lowest BCUT2D eigenvalue weighted by Crippen LogP contribution is -2.44. The molecule has 0 atom stereocenters. The Kier molecular flexibility index (Phi) is 7.45. The van der Waals surface area contributed by atoms with Crippen LogP contribution in [0, 0.1) is 5.92 Å². The summed E-state index contributed by atoms with van der Waals surface area (Å²) in [7, 11) is 0. The Hall–Kier alpha value is -2.62. The number of likely N-dealkylation sites (tertiary alicyclic amines) is 1. The standard InChI is InChI=1S/C25H32N2O2/c1-3-26(4-2)25(29)22-15-17-27(18-16-22)24(28)19-23(20-11-7-5-8-12-20)21-13-9-6-10-14-21/h5-14,22-23H,3-4,15-19H2,1-2H3. The van der Waals surface area contributed by atoms with Crippen LogP contribution in [-0.2, 0) is 9.59 Å². The molecular weight excluding hydrogens is 360 g/mol. The van der Waals surface area contributed by atoms with Gasteiger partial charge in [0.1, 0.15) is 0 Å². The number of amides is 2. The maximum Gasteiger partial charge on any atom is 0.225 e. The summed E-state index contributed by atoms with van der Waals surface area (Å²) in [5.41, 5.74) is 2.33. The van der Waals surface area contributed by atoms with E-state index in [2.05, 4.69) is 24.3 Å². The van der Waals surface area contributed by atoms with Crippen molar-refractivity contribution in [1.82, 2.24) is 9.80 Å². The highest BCUT2D eigenvalue weighted by atomic mass is 16.2. The summed E-state index contributed by atoms with van der Waals surface area (Å²) in [6.45, 7) is 6.90. The van der Waals surface area contributed by atoms with Crippen molar-refractivity contribution < 1.29 is 9.59 Å². The normalized spacial score (nSPS) is 14.8. The third-order valence-corrected chi connectivity index (χ3v) is 6.05. The first kappa shape index (κ1) is 21.1. The highest BCUT2D eigenvalue weighted by Crippen LogP contribution is 2.29. The predicted molar refractivity (Wildman–Crippen MR) is 117 cm³/mol. The van der Waals surface area contributed by atoms with Gasteiger partial charge in [-0.05, 0) is 37.8 Å². The van der Waals surface area contributed by atoms with Crippen LogP contribution in [-0.4, -0.2) is 47.8 Å². The average Bonchev–Trinajstić information content (AvgIpc) is 2.79. The topological polar surface area (TPSA) is 40.6 Å². The molecule has 0 saturated carbocycles. The van der Waals surface area contributed by atoms with Crippen LogP contribution >= 0.6 is 0 Å². The van der Waals surface area contributed by atoms with Gasteiger partial charge in [-0.2, -0.15) is 0 Å². The molecule has 4 nitrogen and oxygen atoms in total. The minimum Gasteiger partial charge on any atom is -0.343 e. The summed E-state index contributed by atoms with van der Waals surface area (Å²) in [4.78, 5) is 29.6. The Morgan fingerprint density at radius 1 is 0.897 bits per heavy atom. The molecule has 3 rings (SSSR count). The Morgan fingerprint density at radius 3 is 1.83 bits per heavy atom. The third-order valence-electron chi connectivity index (χ3n) is 6.05. The molecule has 154 valence electrons. The fourth-order valence-electron chi connectivity index (χ4n) is 4.27. The number of rotatable bonds is 7. The van der Waals surface area contributed by atoms with Gasteiger partial charge in [0, 0.05) is 44.4 Å². The molecule has 1 aliphatic rings. The van der Waals surface area contributed by atoms with Gasteiger partial charge in [-0.25, -0.2) is 0 Å². The first-order valence-corrected chi connectivity index (χ1v) is 10.8. The molecule has 1 heterocycles. The smallest absolute Gasteiger partial charge is 0.225 e. The van der Waals surface area contributed by atoms with E-state index in [-0.39, 0.29) is 23.7 Å². The number of hydrogen-bond acceptors (Lipinski definition) is 2. The lowest BCUT2D eigenvalue weighted by atomic mass is 9.87. The van der Waals surface area contributed by atoms with Crippen molar-refractivity contribution in [3.63, 3.8) is 0 Å². The molecule has 2 aromatic carbocycles. The van der Waals surface area contributed by atoms with E-state index < -0.39 is 0 Å². The number of carbonyl (C=O) groups is 2. The quantitative estimate of drug-likeness (QED) is 0.704. The molecule has 0 unspecified atom stereocenters. The van der Waals surface area contributed by atoms with E-state index in [0.717, 1.165) is 25.9 Å². The first-order valence-electron chi connectivity index (χ1n) is 10.8. The van der Waals surface area contributed by atoms with Crippen molar-refractivity contribution in [3.05, 3.63) is 71.8 Å². The van der Waals surface area contributed by atoms with Crippen LogP contribution in [0.3, 0.4) is 0 Å². The Balaban J connectivity index is 1.65. The Morgan fingerprint density at radius 2 is 1.38 bits per heavy atom. The van der Waals surface area contributed by atoms with Gasteiger partial charge >= 0.3 is 0 Å². The zero-order valence-corrected chi connectivity index (χ0v) is 17.6. The van der Waals surface area contributed by atoms with Gasteiger partial charge < -0.3 is 9.80 Å². The second kappa shape index (κ2) is 10.2. The van der Waals surface area contributed by atoms with E-state index in [1.54, 1.807) is 0 Å². The summed E-state index contributed by atoms with van der Waals surface area (Å²) in [6.07, 6.45) is 1.99. The highest BCUT2D eigenvalue weighted by molar-refractivity contribution is 5.80. The van der Waals surface area contributed by atoms with Crippen LogP contribution in [0.4, 0.5) is 0 Å². The van der Waals surface area contributed by atoms with Crippen molar-refractivity contribution in [3.8, 4) is 0 Å². The van der Waals surface area contributed by atoms with Crippen LogP contribution in [0.25, 0.3) is 0 Å². The number of hydrogen-bond donors (Lipinski definition) is 0. The van der Waals surface area contributed by atoms with Crippen molar-refractivity contribution in [2.24, 2.45) is 5.92 Å². The lowest BCUT2D eigenvalue weighted by Gasteiger charge is -2.34. The summed E-state index contributed by atoms with van der Waals surface area (Å²) in [6, 6.07) is 20.5. The predicted octanol–water partition coefficient (Wildman–Crippen LogP) is 4.32. The van der Waals surface area contributed by atoms with E-state index in [0.29, 0.717) is 19.5 Å². The fraction of sp³-hybridized carbons (Fsp3) is 0.440. The lowest BCUT2D eigenvalue weighted by molar-refractivity contribution is -0.140. The highest BCUT2D eigenvalue weighted by Gasteiger charge is 2.30. The maximum atomic E-state index is 13.1. The number of carbonyl (C=O) groups excluding carboxylic acids is 2. The molecule has 0 spiro atoms. The molecule has 1 fully saturated rings. The minimum absolute atomic E-state index is 0.0537. The largest absolute Gasteiger partial charge is 0.343 e. The second-order valence-corrected chi connectivity index (χ2v) is 7.74. The number of benzene rings is 2. The molecule has 0 radical (unpaired) electrons. The second-order valence-electron chi connectivity index (χ2n) is 7.74. The average molecular weight is 393 g/mol.